The lowest BCUT2D eigenvalue weighted by Crippen LogP contribution is -2.20. The zero-order valence-corrected chi connectivity index (χ0v) is 20.2. The molecule has 8 heteroatoms. The van der Waals surface area contributed by atoms with Gasteiger partial charge in [0.15, 0.2) is 0 Å². The highest BCUT2D eigenvalue weighted by atomic mass is 79.9. The molecule has 1 N–H and O–H groups in total. The van der Waals surface area contributed by atoms with Crippen molar-refractivity contribution in [1.29, 1.82) is 0 Å². The third-order valence-corrected chi connectivity index (χ3v) is 6.30. The van der Waals surface area contributed by atoms with E-state index in [1.165, 1.54) is 22.1 Å². The maximum Gasteiger partial charge on any atom is 0.271 e. The van der Waals surface area contributed by atoms with Gasteiger partial charge in [0.05, 0.1) is 23.3 Å². The van der Waals surface area contributed by atoms with E-state index in [0.29, 0.717) is 10.8 Å². The smallest absolute Gasteiger partial charge is 0.267 e. The van der Waals surface area contributed by atoms with Gasteiger partial charge in [-0.3, -0.25) is 10.2 Å². The molecular formula is C26H18BrN5OS. The first-order chi connectivity index (χ1) is 16.7. The second-order valence-corrected chi connectivity index (χ2v) is 9.11. The molecule has 5 rings (SSSR count). The number of halogens is 1. The number of hydrogen-bond donors (Lipinski definition) is 1. The van der Waals surface area contributed by atoms with Gasteiger partial charge in [0.25, 0.3) is 5.56 Å². The first-order valence-corrected chi connectivity index (χ1v) is 12.1. The molecule has 0 bridgehead atoms. The van der Waals surface area contributed by atoms with Gasteiger partial charge in [0.2, 0.25) is 5.13 Å². The minimum Gasteiger partial charge on any atom is -0.267 e. The number of nitrogens with one attached hydrogen (secondary N) is 1. The summed E-state index contributed by atoms with van der Waals surface area (Å²) in [5.74, 6) is 0. The van der Waals surface area contributed by atoms with Crippen molar-refractivity contribution in [2.75, 3.05) is 5.43 Å². The van der Waals surface area contributed by atoms with E-state index in [1.54, 1.807) is 12.3 Å². The number of anilines is 1. The number of thiazole rings is 1. The number of hydrogen-bond acceptors (Lipinski definition) is 6. The minimum atomic E-state index is -0.187. The Morgan fingerprint density at radius 3 is 2.35 bits per heavy atom. The van der Waals surface area contributed by atoms with E-state index in [1.807, 2.05) is 84.2 Å². The van der Waals surface area contributed by atoms with Crippen LogP contribution in [0, 0.1) is 0 Å². The van der Waals surface area contributed by atoms with Crippen LogP contribution in [0.2, 0.25) is 0 Å². The molecule has 0 saturated heterocycles. The molecule has 2 heterocycles. The Morgan fingerprint density at radius 1 is 0.853 bits per heavy atom. The van der Waals surface area contributed by atoms with Gasteiger partial charge < -0.3 is 0 Å². The molecule has 6 nitrogen and oxygen atoms in total. The lowest BCUT2D eigenvalue weighted by atomic mass is 10.1. The Morgan fingerprint density at radius 2 is 1.59 bits per heavy atom. The van der Waals surface area contributed by atoms with Crippen LogP contribution >= 0.6 is 27.3 Å². The number of hydrazone groups is 1. The van der Waals surface area contributed by atoms with Gasteiger partial charge in [-0.15, -0.1) is 11.3 Å². The molecular weight excluding hydrogens is 510 g/mol. The highest BCUT2D eigenvalue weighted by Gasteiger charge is 2.06. The molecule has 0 amide bonds. The van der Waals surface area contributed by atoms with Gasteiger partial charge in [0, 0.05) is 27.0 Å². The zero-order chi connectivity index (χ0) is 23.3. The first-order valence-electron chi connectivity index (χ1n) is 10.4. The van der Waals surface area contributed by atoms with Crippen molar-refractivity contribution in [3.8, 4) is 28.2 Å². The SMILES string of the molecule is O=c1ccc(-c2ccccc2)nn1-c1ccc(/C=N\Nc2nc(-c3ccc(Br)cc3)cs2)cc1. The molecule has 0 aliphatic heterocycles. The van der Waals surface area contributed by atoms with Crippen LogP contribution in [0.4, 0.5) is 5.13 Å². The molecule has 0 spiro atoms. The van der Waals surface area contributed by atoms with Crippen LogP contribution in [0.15, 0.2) is 111 Å². The predicted molar refractivity (Wildman–Crippen MR) is 142 cm³/mol. The zero-order valence-electron chi connectivity index (χ0n) is 17.8. The molecule has 0 unspecified atom stereocenters. The number of aromatic nitrogens is 3. The molecule has 34 heavy (non-hydrogen) atoms. The predicted octanol–water partition coefficient (Wildman–Crippen LogP) is 6.23. The average molecular weight is 528 g/mol. The van der Waals surface area contributed by atoms with E-state index in [0.717, 1.165) is 32.6 Å². The summed E-state index contributed by atoms with van der Waals surface area (Å²) < 4.78 is 2.44. The summed E-state index contributed by atoms with van der Waals surface area (Å²) in [7, 11) is 0. The van der Waals surface area contributed by atoms with Crippen LogP contribution in [-0.2, 0) is 0 Å². The standard InChI is InChI=1S/C26H18BrN5OS/c27-21-10-8-20(9-11-21)24-17-34-26(29-24)30-28-16-18-6-12-22(13-7-18)32-25(33)15-14-23(31-32)19-4-2-1-3-5-19/h1-17H,(H,29,30)/b28-16-. The summed E-state index contributed by atoms with van der Waals surface area (Å²) in [5.41, 5.74) is 8.00. The van der Waals surface area contributed by atoms with Crippen LogP contribution in [0.1, 0.15) is 5.56 Å². The highest BCUT2D eigenvalue weighted by molar-refractivity contribution is 9.10. The third-order valence-electron chi connectivity index (χ3n) is 5.03. The fourth-order valence-electron chi connectivity index (χ4n) is 3.30. The largest absolute Gasteiger partial charge is 0.271 e. The Kier molecular flexibility index (Phi) is 6.42. The molecule has 166 valence electrons. The van der Waals surface area contributed by atoms with Crippen molar-refractivity contribution < 1.29 is 0 Å². The van der Waals surface area contributed by atoms with Gasteiger partial charge in [0.1, 0.15) is 0 Å². The summed E-state index contributed by atoms with van der Waals surface area (Å²) in [4.78, 5) is 17.0. The van der Waals surface area contributed by atoms with Gasteiger partial charge in [-0.2, -0.15) is 14.9 Å². The van der Waals surface area contributed by atoms with Crippen molar-refractivity contribution in [2.24, 2.45) is 5.10 Å². The van der Waals surface area contributed by atoms with E-state index in [4.69, 9.17) is 0 Å². The van der Waals surface area contributed by atoms with Crippen LogP contribution in [0.5, 0.6) is 0 Å². The summed E-state index contributed by atoms with van der Waals surface area (Å²) in [6, 6.07) is 28.5. The van der Waals surface area contributed by atoms with E-state index < -0.39 is 0 Å². The molecule has 0 saturated carbocycles. The lowest BCUT2D eigenvalue weighted by molar-refractivity contribution is 0.812. The van der Waals surface area contributed by atoms with Crippen molar-refractivity contribution in [3.63, 3.8) is 0 Å². The molecule has 3 aromatic carbocycles. The van der Waals surface area contributed by atoms with Crippen LogP contribution < -0.4 is 11.0 Å². The summed E-state index contributed by atoms with van der Waals surface area (Å²) in [6.07, 6.45) is 1.71. The maximum atomic E-state index is 12.4. The second-order valence-electron chi connectivity index (χ2n) is 7.34. The van der Waals surface area contributed by atoms with Crippen molar-refractivity contribution in [1.82, 2.24) is 14.8 Å². The van der Waals surface area contributed by atoms with Crippen LogP contribution in [0.25, 0.3) is 28.2 Å². The van der Waals surface area contributed by atoms with E-state index in [2.05, 4.69) is 36.5 Å². The second kappa shape index (κ2) is 9.94. The Hall–Kier alpha value is -3.88. The summed E-state index contributed by atoms with van der Waals surface area (Å²) >= 11 is 4.93. The van der Waals surface area contributed by atoms with E-state index >= 15 is 0 Å². The molecule has 0 radical (unpaired) electrons. The molecule has 0 aliphatic rings. The number of rotatable bonds is 6. The molecule has 5 aromatic rings. The van der Waals surface area contributed by atoms with Crippen LogP contribution in [0.3, 0.4) is 0 Å². The quantitative estimate of drug-likeness (QED) is 0.210. The molecule has 0 aliphatic carbocycles. The maximum absolute atomic E-state index is 12.4. The molecule has 0 atom stereocenters. The van der Waals surface area contributed by atoms with Gasteiger partial charge in [-0.25, -0.2) is 4.98 Å². The Bertz CT molecular complexity index is 1490. The topological polar surface area (TPSA) is 72.2 Å². The van der Waals surface area contributed by atoms with Gasteiger partial charge in [-0.1, -0.05) is 70.5 Å². The first kappa shape index (κ1) is 21.9. The fraction of sp³-hybridized carbons (Fsp3) is 0. The normalized spacial score (nSPS) is 11.1. The van der Waals surface area contributed by atoms with Crippen molar-refractivity contribution in [2.45, 2.75) is 0 Å². The molecule has 0 fully saturated rings. The highest BCUT2D eigenvalue weighted by Crippen LogP contribution is 2.26. The lowest BCUT2D eigenvalue weighted by Gasteiger charge is -2.07. The summed E-state index contributed by atoms with van der Waals surface area (Å²) in [5, 5.41) is 11.5. The van der Waals surface area contributed by atoms with Gasteiger partial charge >= 0.3 is 0 Å². The van der Waals surface area contributed by atoms with Crippen LogP contribution in [-0.4, -0.2) is 21.0 Å². The Balaban J connectivity index is 1.28. The van der Waals surface area contributed by atoms with Crippen molar-refractivity contribution in [3.05, 3.63) is 117 Å². The third kappa shape index (κ3) is 5.03. The fourth-order valence-corrected chi connectivity index (χ4v) is 4.23. The minimum absolute atomic E-state index is 0.187. The van der Waals surface area contributed by atoms with E-state index in [-0.39, 0.29) is 5.56 Å². The molecule has 2 aromatic heterocycles. The Labute approximate surface area is 208 Å². The van der Waals surface area contributed by atoms with Crippen molar-refractivity contribution >= 4 is 38.6 Å². The number of benzene rings is 3. The average Bonchev–Trinajstić information content (AvgIpc) is 3.35. The van der Waals surface area contributed by atoms with Gasteiger partial charge in [-0.05, 0) is 35.9 Å². The number of nitrogens with zero attached hydrogens (tertiary/aromatic N) is 4. The monoisotopic (exact) mass is 527 g/mol. The van der Waals surface area contributed by atoms with E-state index in [9.17, 15) is 4.79 Å². The summed E-state index contributed by atoms with van der Waals surface area (Å²) in [6.45, 7) is 0.